The Balaban J connectivity index is 2.76. The summed E-state index contributed by atoms with van der Waals surface area (Å²) in [6.07, 6.45) is 13.5. The molecule has 0 unspecified atom stereocenters. The monoisotopic (exact) mass is 239 g/mol. The summed E-state index contributed by atoms with van der Waals surface area (Å²) in [5, 5.41) is 0. The lowest BCUT2D eigenvalue weighted by atomic mass is 10.3. The van der Waals surface area contributed by atoms with Gasteiger partial charge in [-0.3, -0.25) is 0 Å². The van der Waals surface area contributed by atoms with Crippen LogP contribution in [0.1, 0.15) is 13.3 Å². The van der Waals surface area contributed by atoms with Crippen LogP contribution in [-0.2, 0) is 0 Å². The molecule has 0 aromatic carbocycles. The Morgan fingerprint density at radius 2 is 2.23 bits per heavy atom. The fourth-order valence-electron chi connectivity index (χ4n) is 1.17. The van der Waals surface area contributed by atoms with E-state index in [1.165, 1.54) is 5.70 Å². The zero-order valence-corrected chi connectivity index (χ0v) is 9.58. The first-order valence-electron chi connectivity index (χ1n) is 4.32. The van der Waals surface area contributed by atoms with E-state index < -0.39 is 0 Å². The van der Waals surface area contributed by atoms with Crippen molar-refractivity contribution in [3.63, 3.8) is 0 Å². The van der Waals surface area contributed by atoms with E-state index in [0.29, 0.717) is 0 Å². The predicted octanol–water partition coefficient (Wildman–Crippen LogP) is 3.57. The molecule has 0 aromatic heterocycles. The van der Waals surface area contributed by atoms with Gasteiger partial charge in [0.05, 0.1) is 0 Å². The van der Waals surface area contributed by atoms with Gasteiger partial charge in [0.15, 0.2) is 0 Å². The second kappa shape index (κ2) is 5.07. The largest absolute Gasteiger partial charge is 0.354 e. The van der Waals surface area contributed by atoms with Gasteiger partial charge in [0.2, 0.25) is 0 Å². The minimum Gasteiger partial charge on any atom is -0.354 e. The highest BCUT2D eigenvalue weighted by Gasteiger charge is 2.00. The Kier molecular flexibility index (Phi) is 4.03. The van der Waals surface area contributed by atoms with Gasteiger partial charge >= 0.3 is 0 Å². The van der Waals surface area contributed by atoms with Crippen LogP contribution >= 0.6 is 15.9 Å². The van der Waals surface area contributed by atoms with Crippen LogP contribution in [0.25, 0.3) is 0 Å². The standard InChI is InChI=1S/C11H14BrN/c1-3-9-13(2)11-6-4-5-10(12)7-8-11/h3-5,7-9H,6H2,1-2H3/b9-3-. The minimum absolute atomic E-state index is 0.979. The van der Waals surface area contributed by atoms with E-state index in [9.17, 15) is 0 Å². The number of allylic oxidation sites excluding steroid dienone is 6. The molecule has 0 radical (unpaired) electrons. The van der Waals surface area contributed by atoms with Crippen LogP contribution in [0, 0.1) is 0 Å². The highest BCUT2D eigenvalue weighted by atomic mass is 79.9. The van der Waals surface area contributed by atoms with Crippen molar-refractivity contribution in [1.82, 2.24) is 4.90 Å². The molecule has 0 saturated heterocycles. The normalized spacial score (nSPS) is 16.8. The summed E-state index contributed by atoms with van der Waals surface area (Å²) in [6, 6.07) is 0. The molecule has 0 N–H and O–H groups in total. The Labute approximate surface area is 88.3 Å². The smallest absolute Gasteiger partial charge is 0.0209 e. The lowest BCUT2D eigenvalue weighted by Gasteiger charge is -2.15. The second-order valence-corrected chi connectivity index (χ2v) is 3.83. The van der Waals surface area contributed by atoms with Crippen LogP contribution in [0.5, 0.6) is 0 Å². The fourth-order valence-corrected chi connectivity index (χ4v) is 1.49. The van der Waals surface area contributed by atoms with Gasteiger partial charge in [-0.05, 0) is 25.3 Å². The molecule has 0 fully saturated rings. The highest BCUT2D eigenvalue weighted by Crippen LogP contribution is 2.17. The molecule has 70 valence electrons. The topological polar surface area (TPSA) is 3.24 Å². The van der Waals surface area contributed by atoms with E-state index in [2.05, 4.69) is 58.4 Å². The number of hydrogen-bond donors (Lipinski definition) is 0. The van der Waals surface area contributed by atoms with Crippen molar-refractivity contribution in [3.8, 4) is 0 Å². The average Bonchev–Trinajstić information content (AvgIpc) is 2.30. The second-order valence-electron chi connectivity index (χ2n) is 2.91. The molecular weight excluding hydrogens is 226 g/mol. The molecule has 13 heavy (non-hydrogen) atoms. The lowest BCUT2D eigenvalue weighted by molar-refractivity contribution is 0.555. The molecule has 1 aliphatic rings. The molecule has 1 rings (SSSR count). The molecular formula is C11H14BrN. The van der Waals surface area contributed by atoms with Crippen LogP contribution in [0.3, 0.4) is 0 Å². The first-order chi connectivity index (χ1) is 6.24. The zero-order chi connectivity index (χ0) is 9.68. The fraction of sp³-hybridized carbons (Fsp3) is 0.273. The molecule has 1 nitrogen and oxygen atoms in total. The van der Waals surface area contributed by atoms with E-state index in [1.807, 2.05) is 13.0 Å². The third-order valence-electron chi connectivity index (χ3n) is 1.86. The lowest BCUT2D eigenvalue weighted by Crippen LogP contribution is -2.08. The van der Waals surface area contributed by atoms with Gasteiger partial charge in [-0.2, -0.15) is 0 Å². The first kappa shape index (κ1) is 10.3. The highest BCUT2D eigenvalue weighted by molar-refractivity contribution is 9.11. The van der Waals surface area contributed by atoms with Crippen molar-refractivity contribution >= 4 is 15.9 Å². The molecule has 1 aliphatic carbocycles. The van der Waals surface area contributed by atoms with Crippen LogP contribution < -0.4 is 0 Å². The van der Waals surface area contributed by atoms with E-state index >= 15 is 0 Å². The first-order valence-corrected chi connectivity index (χ1v) is 5.12. The van der Waals surface area contributed by atoms with Crippen molar-refractivity contribution < 1.29 is 0 Å². The van der Waals surface area contributed by atoms with Gasteiger partial charge in [0, 0.05) is 23.6 Å². The van der Waals surface area contributed by atoms with Crippen molar-refractivity contribution in [2.24, 2.45) is 0 Å². The van der Waals surface area contributed by atoms with Crippen LogP contribution in [-0.4, -0.2) is 11.9 Å². The molecule has 0 heterocycles. The van der Waals surface area contributed by atoms with E-state index in [1.54, 1.807) is 0 Å². The van der Waals surface area contributed by atoms with Gasteiger partial charge in [-0.25, -0.2) is 0 Å². The van der Waals surface area contributed by atoms with Crippen LogP contribution in [0.2, 0.25) is 0 Å². The molecule has 0 aromatic rings. The van der Waals surface area contributed by atoms with E-state index in [4.69, 9.17) is 0 Å². The number of hydrogen-bond acceptors (Lipinski definition) is 1. The molecule has 0 amide bonds. The quantitative estimate of drug-likeness (QED) is 0.713. The van der Waals surface area contributed by atoms with Crippen molar-refractivity contribution in [1.29, 1.82) is 0 Å². The predicted molar refractivity (Wildman–Crippen MR) is 61.4 cm³/mol. The van der Waals surface area contributed by atoms with E-state index in [0.717, 1.165) is 10.9 Å². The summed E-state index contributed by atoms with van der Waals surface area (Å²) in [7, 11) is 2.06. The Morgan fingerprint density at radius 1 is 1.46 bits per heavy atom. The van der Waals surface area contributed by atoms with Gasteiger partial charge in [0.1, 0.15) is 0 Å². The SMILES string of the molecule is C/C=C\N(C)C1=CC=C(Br)C=CC1. The number of rotatable bonds is 2. The third-order valence-corrected chi connectivity index (χ3v) is 2.39. The summed E-state index contributed by atoms with van der Waals surface area (Å²) in [5.74, 6) is 0. The maximum Gasteiger partial charge on any atom is 0.0209 e. The van der Waals surface area contributed by atoms with Gasteiger partial charge in [0.25, 0.3) is 0 Å². The van der Waals surface area contributed by atoms with Crippen molar-refractivity contribution in [2.45, 2.75) is 13.3 Å². The summed E-state index contributed by atoms with van der Waals surface area (Å²) in [5.41, 5.74) is 1.30. The average molecular weight is 240 g/mol. The van der Waals surface area contributed by atoms with Crippen molar-refractivity contribution in [3.05, 3.63) is 46.8 Å². The molecule has 2 heteroatoms. The Bertz CT molecular complexity index is 284. The van der Waals surface area contributed by atoms with E-state index in [-0.39, 0.29) is 0 Å². The summed E-state index contributed by atoms with van der Waals surface area (Å²) < 4.78 is 1.12. The molecule has 0 saturated carbocycles. The molecule has 0 spiro atoms. The van der Waals surface area contributed by atoms with Crippen molar-refractivity contribution in [2.75, 3.05) is 7.05 Å². The third kappa shape index (κ3) is 3.23. The molecule has 0 bridgehead atoms. The Morgan fingerprint density at radius 3 is 2.92 bits per heavy atom. The summed E-state index contributed by atoms with van der Waals surface area (Å²) in [4.78, 5) is 2.13. The Hall–Kier alpha value is -0.760. The van der Waals surface area contributed by atoms with Crippen LogP contribution in [0.15, 0.2) is 46.8 Å². The van der Waals surface area contributed by atoms with Gasteiger partial charge in [-0.1, -0.05) is 34.2 Å². The molecule has 0 aliphatic heterocycles. The molecule has 0 atom stereocenters. The summed E-state index contributed by atoms with van der Waals surface area (Å²) >= 11 is 3.45. The maximum atomic E-state index is 3.45. The van der Waals surface area contributed by atoms with Crippen LogP contribution in [0.4, 0.5) is 0 Å². The minimum atomic E-state index is 0.979. The van der Waals surface area contributed by atoms with Gasteiger partial charge in [-0.15, -0.1) is 0 Å². The number of halogens is 1. The van der Waals surface area contributed by atoms with Gasteiger partial charge < -0.3 is 4.90 Å². The number of nitrogens with zero attached hydrogens (tertiary/aromatic N) is 1. The zero-order valence-electron chi connectivity index (χ0n) is 8.00. The maximum absolute atomic E-state index is 3.45. The summed E-state index contributed by atoms with van der Waals surface area (Å²) in [6.45, 7) is 2.02.